The van der Waals surface area contributed by atoms with E-state index in [4.69, 9.17) is 0 Å². The van der Waals surface area contributed by atoms with Crippen LogP contribution in [0.1, 0.15) is 11.1 Å². The van der Waals surface area contributed by atoms with Crippen LogP contribution in [0, 0.1) is 13.8 Å². The van der Waals surface area contributed by atoms with Crippen molar-refractivity contribution in [3.05, 3.63) is 77.9 Å². The second-order valence-corrected chi connectivity index (χ2v) is 7.89. The summed E-state index contributed by atoms with van der Waals surface area (Å²) in [5.41, 5.74) is 4.15. The first-order valence-corrected chi connectivity index (χ1v) is 9.99. The first-order valence-electron chi connectivity index (χ1n) is 8.55. The predicted octanol–water partition coefficient (Wildman–Crippen LogP) is 4.86. The highest BCUT2D eigenvalue weighted by Crippen LogP contribution is 2.29. The summed E-state index contributed by atoms with van der Waals surface area (Å²) in [5, 5.41) is 5.48. The van der Waals surface area contributed by atoms with E-state index in [1.165, 1.54) is 6.07 Å². The molecule has 0 radical (unpaired) electrons. The second-order valence-electron chi connectivity index (χ2n) is 6.50. The number of rotatable bonds is 4. The van der Waals surface area contributed by atoms with E-state index in [1.807, 2.05) is 32.0 Å². The van der Waals surface area contributed by atoms with Crippen molar-refractivity contribution in [3.8, 4) is 11.1 Å². The Bertz CT molecular complexity index is 1120. The molecular formula is C21H20N2O4S. The molecule has 0 aliphatic carbocycles. The van der Waals surface area contributed by atoms with Crippen LogP contribution in [-0.2, 0) is 10.1 Å². The average Bonchev–Trinajstić information content (AvgIpc) is 2.61. The fourth-order valence-corrected chi connectivity index (χ4v) is 3.54. The minimum Gasteiger partial charge on any atom is -0.308 e. The Kier molecular flexibility index (Phi) is 5.48. The highest BCUT2D eigenvalue weighted by atomic mass is 32.2. The number of hydrogen-bond donors (Lipinski definition) is 3. The van der Waals surface area contributed by atoms with Crippen LogP contribution in [0.3, 0.4) is 0 Å². The van der Waals surface area contributed by atoms with E-state index in [2.05, 4.69) is 10.6 Å². The first-order chi connectivity index (χ1) is 13.2. The van der Waals surface area contributed by atoms with Gasteiger partial charge in [-0.05, 0) is 55.3 Å². The summed E-state index contributed by atoms with van der Waals surface area (Å²) in [5.74, 6) is 0. The van der Waals surface area contributed by atoms with Gasteiger partial charge in [0.25, 0.3) is 10.1 Å². The van der Waals surface area contributed by atoms with Crippen molar-refractivity contribution in [2.24, 2.45) is 0 Å². The number of urea groups is 1. The number of hydrogen-bond acceptors (Lipinski definition) is 3. The van der Waals surface area contributed by atoms with E-state index < -0.39 is 10.1 Å². The Hall–Kier alpha value is -3.16. The van der Waals surface area contributed by atoms with Crippen LogP contribution in [0.4, 0.5) is 16.2 Å². The van der Waals surface area contributed by atoms with Crippen LogP contribution in [0.15, 0.2) is 71.6 Å². The van der Waals surface area contributed by atoms with E-state index >= 15 is 0 Å². The van der Waals surface area contributed by atoms with Crippen molar-refractivity contribution in [1.82, 2.24) is 0 Å². The molecule has 3 N–H and O–H groups in total. The van der Waals surface area contributed by atoms with Crippen molar-refractivity contribution in [3.63, 3.8) is 0 Å². The van der Waals surface area contributed by atoms with Gasteiger partial charge in [0, 0.05) is 16.9 Å². The van der Waals surface area contributed by atoms with Crippen molar-refractivity contribution in [2.75, 3.05) is 10.6 Å². The summed E-state index contributed by atoms with van der Waals surface area (Å²) in [7, 11) is -4.35. The molecule has 0 saturated carbocycles. The highest BCUT2D eigenvalue weighted by molar-refractivity contribution is 7.86. The van der Waals surface area contributed by atoms with Gasteiger partial charge in [0.2, 0.25) is 0 Å². The lowest BCUT2D eigenvalue weighted by Crippen LogP contribution is -2.19. The fraction of sp³-hybridized carbons (Fsp3) is 0.0952. The molecule has 0 aliphatic heterocycles. The number of benzene rings is 3. The minimum atomic E-state index is -4.35. The SMILES string of the molecule is Cc1cccc(NC(=O)Nc2ccc(-c3cc(C)ccc3S(=O)(=O)O)cc2)c1. The Morgan fingerprint density at radius 1 is 0.821 bits per heavy atom. The van der Waals surface area contributed by atoms with Gasteiger partial charge in [0.05, 0.1) is 0 Å². The molecule has 0 spiro atoms. The number of aryl methyl sites for hydroxylation is 2. The largest absolute Gasteiger partial charge is 0.323 e. The predicted molar refractivity (Wildman–Crippen MR) is 110 cm³/mol. The van der Waals surface area contributed by atoms with Crippen molar-refractivity contribution in [1.29, 1.82) is 0 Å². The lowest BCUT2D eigenvalue weighted by Gasteiger charge is -2.11. The third-order valence-corrected chi connectivity index (χ3v) is 5.05. The van der Waals surface area contributed by atoms with E-state index in [1.54, 1.807) is 42.5 Å². The summed E-state index contributed by atoms with van der Waals surface area (Å²) in [4.78, 5) is 12.0. The van der Waals surface area contributed by atoms with E-state index in [9.17, 15) is 17.8 Å². The van der Waals surface area contributed by atoms with Gasteiger partial charge in [0.15, 0.2) is 0 Å². The summed E-state index contributed by atoms with van der Waals surface area (Å²) in [6.07, 6.45) is 0. The molecule has 0 heterocycles. The highest BCUT2D eigenvalue weighted by Gasteiger charge is 2.16. The molecule has 3 aromatic rings. The monoisotopic (exact) mass is 396 g/mol. The fourth-order valence-electron chi connectivity index (χ4n) is 2.84. The maximum Gasteiger partial charge on any atom is 0.323 e. The Morgan fingerprint density at radius 2 is 1.46 bits per heavy atom. The standard InChI is InChI=1S/C21H20N2O4S/c1-14-4-3-5-18(12-14)23-21(24)22-17-9-7-16(8-10-17)19-13-15(2)6-11-20(19)28(25,26)27/h3-13H,1-2H3,(H2,22,23,24)(H,25,26,27). The van der Waals surface area contributed by atoms with Gasteiger partial charge in [-0.3, -0.25) is 4.55 Å². The number of anilines is 2. The van der Waals surface area contributed by atoms with Crippen molar-refractivity contribution >= 4 is 27.5 Å². The van der Waals surface area contributed by atoms with Gasteiger partial charge in [-0.25, -0.2) is 4.79 Å². The number of carbonyl (C=O) groups is 1. The minimum absolute atomic E-state index is 0.156. The van der Waals surface area contributed by atoms with Crippen LogP contribution in [-0.4, -0.2) is 19.0 Å². The zero-order chi connectivity index (χ0) is 20.3. The number of nitrogens with one attached hydrogen (secondary N) is 2. The number of amides is 2. The molecule has 0 atom stereocenters. The quantitative estimate of drug-likeness (QED) is 0.549. The van der Waals surface area contributed by atoms with Crippen LogP contribution in [0.2, 0.25) is 0 Å². The molecule has 0 unspecified atom stereocenters. The molecule has 28 heavy (non-hydrogen) atoms. The van der Waals surface area contributed by atoms with Gasteiger partial charge in [-0.15, -0.1) is 0 Å². The third-order valence-electron chi connectivity index (χ3n) is 4.14. The van der Waals surface area contributed by atoms with Crippen LogP contribution in [0.25, 0.3) is 11.1 Å². The molecular weight excluding hydrogens is 376 g/mol. The summed E-state index contributed by atoms with van der Waals surface area (Å²) >= 11 is 0. The Balaban J connectivity index is 1.79. The molecule has 3 rings (SSSR count). The van der Waals surface area contributed by atoms with Gasteiger partial charge >= 0.3 is 6.03 Å². The van der Waals surface area contributed by atoms with Crippen molar-refractivity contribution < 1.29 is 17.8 Å². The molecule has 144 valence electrons. The maximum absolute atomic E-state index is 12.1. The van der Waals surface area contributed by atoms with E-state index in [-0.39, 0.29) is 10.9 Å². The Morgan fingerprint density at radius 3 is 2.11 bits per heavy atom. The van der Waals surface area contributed by atoms with Gasteiger partial charge < -0.3 is 10.6 Å². The van der Waals surface area contributed by atoms with Gasteiger partial charge in [-0.2, -0.15) is 8.42 Å². The topological polar surface area (TPSA) is 95.5 Å². The maximum atomic E-state index is 12.1. The molecule has 0 aromatic heterocycles. The average molecular weight is 396 g/mol. The molecule has 7 heteroatoms. The summed E-state index contributed by atoms with van der Waals surface area (Å²) in [6.45, 7) is 3.77. The number of carbonyl (C=O) groups excluding carboxylic acids is 1. The molecule has 2 amide bonds. The van der Waals surface area contributed by atoms with Gasteiger partial charge in [0.1, 0.15) is 4.90 Å². The molecule has 0 fully saturated rings. The molecule has 0 aliphatic rings. The zero-order valence-electron chi connectivity index (χ0n) is 15.4. The van der Waals surface area contributed by atoms with E-state index in [0.29, 0.717) is 22.5 Å². The second kappa shape index (κ2) is 7.84. The normalized spacial score (nSPS) is 11.1. The van der Waals surface area contributed by atoms with Crippen molar-refractivity contribution in [2.45, 2.75) is 18.7 Å². The Labute approximate surface area is 164 Å². The summed E-state index contributed by atoms with van der Waals surface area (Å²) < 4.78 is 32.7. The van der Waals surface area contributed by atoms with Crippen LogP contribution < -0.4 is 10.6 Å². The lowest BCUT2D eigenvalue weighted by atomic mass is 10.0. The van der Waals surface area contributed by atoms with E-state index in [0.717, 1.165) is 11.1 Å². The molecule has 3 aromatic carbocycles. The molecule has 0 bridgehead atoms. The van der Waals surface area contributed by atoms with Gasteiger partial charge in [-0.1, -0.05) is 42.0 Å². The lowest BCUT2D eigenvalue weighted by molar-refractivity contribution is 0.262. The van der Waals surface area contributed by atoms with Crippen LogP contribution >= 0.6 is 0 Å². The van der Waals surface area contributed by atoms with Crippen LogP contribution in [0.5, 0.6) is 0 Å². The third kappa shape index (κ3) is 4.76. The molecule has 6 nitrogen and oxygen atoms in total. The molecule has 0 saturated heterocycles. The first kappa shape index (κ1) is 19.6. The summed E-state index contributed by atoms with van der Waals surface area (Å²) in [6, 6.07) is 18.5. The smallest absolute Gasteiger partial charge is 0.308 e. The zero-order valence-corrected chi connectivity index (χ0v) is 16.2.